The number of carboxylic acids is 1. The molecule has 9 heteroatoms. The third-order valence-electron chi connectivity index (χ3n) is 13.8. The fourth-order valence-corrected chi connectivity index (χ4v) is 9.07. The molecule has 0 saturated carbocycles. The van der Waals surface area contributed by atoms with Gasteiger partial charge in [0.1, 0.15) is 13.2 Å². The Balaban J connectivity index is 4.17. The summed E-state index contributed by atoms with van der Waals surface area (Å²) in [5.41, 5.74) is 0. The zero-order chi connectivity index (χ0) is 51.3. The van der Waals surface area contributed by atoms with E-state index in [2.05, 4.69) is 26.0 Å². The van der Waals surface area contributed by atoms with Crippen LogP contribution in [0, 0.1) is 0 Å². The molecule has 0 fully saturated rings. The van der Waals surface area contributed by atoms with Crippen molar-refractivity contribution in [2.24, 2.45) is 0 Å². The van der Waals surface area contributed by atoms with Crippen molar-refractivity contribution in [3.8, 4) is 0 Å². The average Bonchev–Trinajstić information content (AvgIpc) is 3.33. The van der Waals surface area contributed by atoms with Crippen molar-refractivity contribution in [2.75, 3.05) is 47.5 Å². The largest absolute Gasteiger partial charge is 0.477 e. The molecule has 70 heavy (non-hydrogen) atoms. The lowest BCUT2D eigenvalue weighted by atomic mass is 10.0. The third kappa shape index (κ3) is 53.8. The van der Waals surface area contributed by atoms with Gasteiger partial charge in [0.25, 0.3) is 6.29 Å². The van der Waals surface area contributed by atoms with Crippen LogP contribution >= 0.6 is 0 Å². The van der Waals surface area contributed by atoms with Crippen molar-refractivity contribution in [1.29, 1.82) is 0 Å². The Morgan fingerprint density at radius 3 is 1.06 bits per heavy atom. The third-order valence-corrected chi connectivity index (χ3v) is 13.8. The van der Waals surface area contributed by atoms with Crippen LogP contribution in [-0.4, -0.2) is 87.4 Å². The lowest BCUT2D eigenvalue weighted by molar-refractivity contribution is -0.870. The molecule has 0 aliphatic rings. The molecule has 414 valence electrons. The van der Waals surface area contributed by atoms with Gasteiger partial charge in [0.2, 0.25) is 0 Å². The number of aliphatic carboxylic acids is 1. The number of nitrogens with zero attached hydrogens (tertiary/aromatic N) is 1. The topological polar surface area (TPSA) is 108 Å². The van der Waals surface area contributed by atoms with Crippen LogP contribution in [-0.2, 0) is 33.3 Å². The summed E-state index contributed by atoms with van der Waals surface area (Å²) in [6.07, 6.45) is 58.6. The van der Waals surface area contributed by atoms with Gasteiger partial charge in [0, 0.05) is 12.8 Å². The van der Waals surface area contributed by atoms with Crippen molar-refractivity contribution in [3.05, 3.63) is 12.2 Å². The first-order chi connectivity index (χ1) is 34.1. The van der Waals surface area contributed by atoms with E-state index >= 15 is 0 Å². The number of hydrogen-bond donors (Lipinski definition) is 1. The fraction of sp³-hybridized carbons (Fsp3) is 0.918. The Hall–Kier alpha value is -1.97. The summed E-state index contributed by atoms with van der Waals surface area (Å²) in [6, 6.07) is 0. The van der Waals surface area contributed by atoms with Crippen LogP contribution in [0.1, 0.15) is 303 Å². The van der Waals surface area contributed by atoms with E-state index in [9.17, 15) is 19.5 Å². The smallest absolute Gasteiger partial charge is 0.361 e. The second-order valence-corrected chi connectivity index (χ2v) is 22.0. The summed E-state index contributed by atoms with van der Waals surface area (Å²) in [5, 5.41) is 9.71. The van der Waals surface area contributed by atoms with E-state index in [1.54, 1.807) is 0 Å². The number of allylic oxidation sites excluding steroid dienone is 2. The molecule has 0 aromatic carbocycles. The summed E-state index contributed by atoms with van der Waals surface area (Å²) in [5.74, 6) is -1.98. The Labute approximate surface area is 434 Å². The second kappa shape index (κ2) is 53.3. The van der Waals surface area contributed by atoms with Gasteiger partial charge in [-0.05, 0) is 38.5 Å². The van der Waals surface area contributed by atoms with Gasteiger partial charge in [-0.25, -0.2) is 4.79 Å². The van der Waals surface area contributed by atoms with Crippen LogP contribution in [0.3, 0.4) is 0 Å². The standard InChI is InChI=1S/C61H117NO8/c1-6-8-10-12-14-16-18-20-22-24-26-28-29-30-32-33-35-37-39-41-43-45-47-49-51-58(63)68-55-57(56-69-61(60(65)66)67-54-53-62(3,4)5)70-59(64)52-50-48-46-44-42-40-38-36-34-31-27-25-23-21-19-17-15-13-11-9-7-2/h25,27,57,61H,6-24,26,28-56H2,1-5H3/p+1/b27-25-. The fourth-order valence-electron chi connectivity index (χ4n) is 9.07. The van der Waals surface area contributed by atoms with Crippen molar-refractivity contribution in [2.45, 2.75) is 315 Å². The zero-order valence-electron chi connectivity index (χ0n) is 47.2. The predicted octanol–water partition coefficient (Wildman–Crippen LogP) is 17.7. The number of unbranched alkanes of at least 4 members (excludes halogenated alkanes) is 40. The Kier molecular flexibility index (Phi) is 51.8. The Morgan fingerprint density at radius 2 is 0.729 bits per heavy atom. The minimum Gasteiger partial charge on any atom is -0.477 e. The molecule has 0 rings (SSSR count). The number of ether oxygens (including phenoxy) is 4. The highest BCUT2D eigenvalue weighted by molar-refractivity contribution is 5.71. The van der Waals surface area contributed by atoms with Gasteiger partial charge in [-0.15, -0.1) is 0 Å². The number of carbonyl (C=O) groups excluding carboxylic acids is 2. The molecular formula is C61H118NO8+. The average molecular weight is 994 g/mol. The molecule has 1 N–H and O–H groups in total. The van der Waals surface area contributed by atoms with Crippen molar-refractivity contribution >= 4 is 17.9 Å². The van der Waals surface area contributed by atoms with E-state index in [0.29, 0.717) is 17.4 Å². The van der Waals surface area contributed by atoms with Crippen LogP contribution in [0.5, 0.6) is 0 Å². The maximum Gasteiger partial charge on any atom is 0.361 e. The first-order valence-corrected chi connectivity index (χ1v) is 30.4. The normalized spacial score (nSPS) is 12.8. The van der Waals surface area contributed by atoms with Crippen LogP contribution in [0.15, 0.2) is 12.2 Å². The molecule has 0 amide bonds. The molecule has 0 saturated heterocycles. The number of carboxylic acid groups (broad SMARTS) is 1. The minimum absolute atomic E-state index is 0.176. The summed E-state index contributed by atoms with van der Waals surface area (Å²) in [6.45, 7) is 4.94. The van der Waals surface area contributed by atoms with E-state index in [-0.39, 0.29) is 38.2 Å². The van der Waals surface area contributed by atoms with Gasteiger partial charge in [0.15, 0.2) is 6.10 Å². The maximum absolute atomic E-state index is 12.9. The molecule has 2 unspecified atom stereocenters. The molecule has 0 aliphatic carbocycles. The zero-order valence-corrected chi connectivity index (χ0v) is 47.2. The van der Waals surface area contributed by atoms with E-state index in [4.69, 9.17) is 18.9 Å². The molecule has 2 atom stereocenters. The predicted molar refractivity (Wildman–Crippen MR) is 295 cm³/mol. The van der Waals surface area contributed by atoms with E-state index in [1.165, 1.54) is 238 Å². The molecule has 9 nitrogen and oxygen atoms in total. The monoisotopic (exact) mass is 993 g/mol. The molecule has 0 heterocycles. The van der Waals surface area contributed by atoms with Gasteiger partial charge in [-0.2, -0.15) is 0 Å². The van der Waals surface area contributed by atoms with Gasteiger partial charge in [-0.3, -0.25) is 9.59 Å². The number of carbonyl (C=O) groups is 3. The first kappa shape index (κ1) is 68.0. The van der Waals surface area contributed by atoms with Crippen LogP contribution in [0.25, 0.3) is 0 Å². The lowest BCUT2D eigenvalue weighted by Crippen LogP contribution is -2.40. The van der Waals surface area contributed by atoms with Gasteiger partial charge in [-0.1, -0.05) is 264 Å². The highest BCUT2D eigenvalue weighted by Gasteiger charge is 2.25. The molecular weight excluding hydrogens is 875 g/mol. The maximum atomic E-state index is 12.9. The number of likely N-dealkylation sites (N-methyl/N-ethyl adjacent to an activating group) is 1. The number of hydrogen-bond acceptors (Lipinski definition) is 7. The van der Waals surface area contributed by atoms with Gasteiger partial charge >= 0.3 is 17.9 Å². The highest BCUT2D eigenvalue weighted by atomic mass is 16.7. The second-order valence-electron chi connectivity index (χ2n) is 22.0. The van der Waals surface area contributed by atoms with Gasteiger partial charge < -0.3 is 28.5 Å². The van der Waals surface area contributed by atoms with Crippen LogP contribution < -0.4 is 0 Å². The number of quaternary nitrogens is 1. The van der Waals surface area contributed by atoms with Crippen molar-refractivity contribution < 1.29 is 42.9 Å². The Bertz CT molecular complexity index is 1150. The Morgan fingerprint density at radius 1 is 0.414 bits per heavy atom. The van der Waals surface area contributed by atoms with Crippen molar-refractivity contribution in [3.63, 3.8) is 0 Å². The summed E-state index contributed by atoms with van der Waals surface area (Å²) in [7, 11) is 5.98. The van der Waals surface area contributed by atoms with Crippen molar-refractivity contribution in [1.82, 2.24) is 0 Å². The number of esters is 2. The summed E-state index contributed by atoms with van der Waals surface area (Å²) < 4.78 is 22.9. The van der Waals surface area contributed by atoms with Gasteiger partial charge in [0.05, 0.1) is 34.4 Å². The first-order valence-electron chi connectivity index (χ1n) is 30.4. The van der Waals surface area contributed by atoms with E-state index in [1.807, 2.05) is 21.1 Å². The molecule has 0 bridgehead atoms. The molecule has 0 aromatic heterocycles. The van der Waals surface area contributed by atoms with Crippen LogP contribution in [0.4, 0.5) is 0 Å². The molecule has 0 spiro atoms. The molecule has 0 radical (unpaired) electrons. The summed E-state index contributed by atoms with van der Waals surface area (Å²) in [4.78, 5) is 37.4. The SMILES string of the molecule is CCCCCCCCCC/C=C\CCCCCCCCCCCC(=O)OC(COC(=O)CCCCCCCCCCCCCCCCCCCCCCCCCC)COC(OCC[N+](C)(C)C)C(=O)O. The minimum atomic E-state index is -1.51. The van der Waals surface area contributed by atoms with E-state index in [0.717, 1.165) is 38.5 Å². The highest BCUT2D eigenvalue weighted by Crippen LogP contribution is 2.18. The lowest BCUT2D eigenvalue weighted by Gasteiger charge is -2.25. The van der Waals surface area contributed by atoms with Crippen LogP contribution in [0.2, 0.25) is 0 Å². The quantitative estimate of drug-likeness (QED) is 0.0211. The number of rotatable bonds is 57. The van der Waals surface area contributed by atoms with E-state index < -0.39 is 18.4 Å². The summed E-state index contributed by atoms with van der Waals surface area (Å²) >= 11 is 0. The molecule has 0 aromatic rings. The molecule has 0 aliphatic heterocycles.